The molecule has 1 saturated heterocycles. The van der Waals surface area contributed by atoms with Crippen LogP contribution in [0.4, 0.5) is 9.59 Å². The SMILES string of the molecule is CC(C)(NC(=O)OCc1ccccc1)c1cc(Cl)nc(OC2C3CN(C(=O)O)CC32)c1. The summed E-state index contributed by atoms with van der Waals surface area (Å²) in [5, 5.41) is 12.2. The first-order chi connectivity index (χ1) is 14.7. The molecule has 1 aliphatic heterocycles. The molecule has 2 aromatic rings. The van der Waals surface area contributed by atoms with Gasteiger partial charge in [0.25, 0.3) is 0 Å². The Bertz CT molecular complexity index is 972. The molecule has 2 amide bonds. The maximum Gasteiger partial charge on any atom is 0.408 e. The molecule has 2 aliphatic rings. The lowest BCUT2D eigenvalue weighted by Crippen LogP contribution is -2.41. The number of fused-ring (bicyclic) bond motifs is 1. The number of rotatable bonds is 6. The van der Waals surface area contributed by atoms with Crippen LogP contribution in [0.5, 0.6) is 5.88 Å². The predicted molar refractivity (Wildman–Crippen MR) is 113 cm³/mol. The van der Waals surface area contributed by atoms with Crippen LogP contribution in [0.1, 0.15) is 25.0 Å². The van der Waals surface area contributed by atoms with Crippen molar-refractivity contribution in [2.45, 2.75) is 32.1 Å². The van der Waals surface area contributed by atoms with Gasteiger partial charge in [-0.1, -0.05) is 41.9 Å². The van der Waals surface area contributed by atoms with Crippen LogP contribution in [0.2, 0.25) is 5.15 Å². The van der Waals surface area contributed by atoms with Crippen LogP contribution in [0.25, 0.3) is 0 Å². The van der Waals surface area contributed by atoms with Gasteiger partial charge in [0, 0.05) is 31.0 Å². The Kier molecular flexibility index (Phi) is 5.66. The standard InChI is InChI=1S/C22H24ClN3O5/c1-22(2,25-20(27)30-12-13-6-4-3-5-7-13)14-8-17(23)24-18(9-14)31-19-15-10-26(21(28)29)11-16(15)19/h3-9,15-16,19H,10-12H2,1-2H3,(H,25,27)(H,28,29). The van der Waals surface area contributed by atoms with Crippen molar-refractivity contribution in [3.63, 3.8) is 0 Å². The van der Waals surface area contributed by atoms with Gasteiger partial charge >= 0.3 is 12.2 Å². The van der Waals surface area contributed by atoms with Gasteiger partial charge in [-0.25, -0.2) is 14.6 Å². The number of carbonyl (C=O) groups is 2. The van der Waals surface area contributed by atoms with E-state index in [-0.39, 0.29) is 29.7 Å². The third kappa shape index (κ3) is 4.85. The summed E-state index contributed by atoms with van der Waals surface area (Å²) < 4.78 is 11.3. The van der Waals surface area contributed by atoms with Crippen LogP contribution in [0.15, 0.2) is 42.5 Å². The fourth-order valence-electron chi connectivity index (χ4n) is 3.92. The lowest BCUT2D eigenvalue weighted by molar-refractivity contribution is 0.129. The summed E-state index contributed by atoms with van der Waals surface area (Å²) in [5.74, 6) is 0.718. The average molecular weight is 446 g/mol. The summed E-state index contributed by atoms with van der Waals surface area (Å²) in [6, 6.07) is 12.8. The van der Waals surface area contributed by atoms with Crippen molar-refractivity contribution >= 4 is 23.8 Å². The summed E-state index contributed by atoms with van der Waals surface area (Å²) >= 11 is 6.20. The van der Waals surface area contributed by atoms with Gasteiger partial charge < -0.3 is 24.8 Å². The average Bonchev–Trinajstić information content (AvgIpc) is 3.14. The molecule has 1 aromatic carbocycles. The van der Waals surface area contributed by atoms with E-state index in [4.69, 9.17) is 26.2 Å². The molecule has 2 atom stereocenters. The number of carboxylic acid groups (broad SMARTS) is 1. The monoisotopic (exact) mass is 445 g/mol. The van der Waals surface area contributed by atoms with Gasteiger partial charge in [-0.15, -0.1) is 0 Å². The predicted octanol–water partition coefficient (Wildman–Crippen LogP) is 3.88. The van der Waals surface area contributed by atoms with E-state index in [1.165, 1.54) is 4.90 Å². The van der Waals surface area contributed by atoms with Gasteiger partial charge in [0.15, 0.2) is 0 Å². The number of piperidine rings is 1. The van der Waals surface area contributed by atoms with E-state index in [0.29, 0.717) is 19.0 Å². The highest BCUT2D eigenvalue weighted by Crippen LogP contribution is 2.48. The van der Waals surface area contributed by atoms with Crippen LogP contribution in [-0.4, -0.2) is 46.4 Å². The lowest BCUT2D eigenvalue weighted by atomic mass is 9.95. The molecule has 8 nitrogen and oxygen atoms in total. The molecule has 2 heterocycles. The van der Waals surface area contributed by atoms with Gasteiger partial charge in [0.1, 0.15) is 17.9 Å². The Balaban J connectivity index is 1.37. The number of halogens is 1. The molecule has 0 bridgehead atoms. The summed E-state index contributed by atoms with van der Waals surface area (Å²) in [5.41, 5.74) is 0.838. The largest absolute Gasteiger partial charge is 0.474 e. The highest BCUT2D eigenvalue weighted by molar-refractivity contribution is 6.29. The van der Waals surface area contributed by atoms with Crippen molar-refractivity contribution in [3.8, 4) is 5.88 Å². The van der Waals surface area contributed by atoms with Crippen LogP contribution in [0.3, 0.4) is 0 Å². The summed E-state index contributed by atoms with van der Waals surface area (Å²) in [6.07, 6.45) is -1.52. The van der Waals surface area contributed by atoms with E-state index in [1.807, 2.05) is 44.2 Å². The lowest BCUT2D eigenvalue weighted by Gasteiger charge is -2.27. The zero-order valence-electron chi connectivity index (χ0n) is 17.2. The Hall–Kier alpha value is -3.00. The third-order valence-corrected chi connectivity index (χ3v) is 5.96. The number of benzene rings is 1. The van der Waals surface area contributed by atoms with Crippen molar-refractivity contribution in [3.05, 3.63) is 58.7 Å². The Morgan fingerprint density at radius 3 is 2.55 bits per heavy atom. The first kappa shape index (κ1) is 21.2. The van der Waals surface area contributed by atoms with Crippen molar-refractivity contribution in [1.82, 2.24) is 15.2 Å². The molecule has 0 spiro atoms. The van der Waals surface area contributed by atoms with E-state index in [9.17, 15) is 9.59 Å². The molecule has 1 aliphatic carbocycles. The number of ether oxygens (including phenoxy) is 2. The molecule has 2 fully saturated rings. The number of likely N-dealkylation sites (tertiary alicyclic amines) is 1. The fourth-order valence-corrected chi connectivity index (χ4v) is 4.12. The van der Waals surface area contributed by atoms with Gasteiger partial charge in [-0.05, 0) is 31.0 Å². The Morgan fingerprint density at radius 2 is 1.90 bits per heavy atom. The normalized spacial score (nSPS) is 21.9. The number of hydrogen-bond donors (Lipinski definition) is 2. The molecule has 1 aromatic heterocycles. The van der Waals surface area contributed by atoms with E-state index in [0.717, 1.165) is 11.1 Å². The Labute approximate surface area is 185 Å². The van der Waals surface area contributed by atoms with Gasteiger partial charge in [0.2, 0.25) is 5.88 Å². The number of amides is 2. The molecule has 2 unspecified atom stereocenters. The molecular weight excluding hydrogens is 422 g/mol. The van der Waals surface area contributed by atoms with Crippen molar-refractivity contribution < 1.29 is 24.2 Å². The van der Waals surface area contributed by atoms with Crippen LogP contribution < -0.4 is 10.1 Å². The minimum atomic E-state index is -0.902. The van der Waals surface area contributed by atoms with E-state index in [1.54, 1.807) is 12.1 Å². The molecule has 4 rings (SSSR count). The minimum absolute atomic E-state index is 0.0682. The third-order valence-electron chi connectivity index (χ3n) is 5.76. The molecule has 2 N–H and O–H groups in total. The number of carbonyl (C=O) groups excluding carboxylic acids is 1. The molecule has 9 heteroatoms. The summed E-state index contributed by atoms with van der Waals surface area (Å²) in [6.45, 7) is 4.79. The first-order valence-electron chi connectivity index (χ1n) is 10.0. The highest BCUT2D eigenvalue weighted by atomic mass is 35.5. The molecular formula is C22H24ClN3O5. The summed E-state index contributed by atoms with van der Waals surface area (Å²) in [7, 11) is 0. The minimum Gasteiger partial charge on any atom is -0.474 e. The van der Waals surface area contributed by atoms with Crippen molar-refractivity contribution in [2.75, 3.05) is 13.1 Å². The molecule has 0 radical (unpaired) electrons. The van der Waals surface area contributed by atoms with Crippen LogP contribution in [0, 0.1) is 11.8 Å². The van der Waals surface area contributed by atoms with Gasteiger partial charge in [0.05, 0.1) is 5.54 Å². The second-order valence-electron chi connectivity index (χ2n) is 8.43. The number of pyridine rings is 1. The zero-order valence-corrected chi connectivity index (χ0v) is 18.0. The molecule has 1 saturated carbocycles. The fraction of sp³-hybridized carbons (Fsp3) is 0.409. The second kappa shape index (κ2) is 8.26. The number of hydrogen-bond acceptors (Lipinski definition) is 5. The summed E-state index contributed by atoms with van der Waals surface area (Å²) in [4.78, 5) is 29.0. The van der Waals surface area contributed by atoms with Crippen molar-refractivity contribution in [1.29, 1.82) is 0 Å². The van der Waals surface area contributed by atoms with E-state index >= 15 is 0 Å². The van der Waals surface area contributed by atoms with E-state index in [2.05, 4.69) is 10.3 Å². The van der Waals surface area contributed by atoms with Gasteiger partial charge in [-0.3, -0.25) is 0 Å². The quantitative estimate of drug-likeness (QED) is 0.654. The molecule has 31 heavy (non-hydrogen) atoms. The maximum absolute atomic E-state index is 12.3. The number of alkyl carbamates (subject to hydrolysis) is 1. The second-order valence-corrected chi connectivity index (χ2v) is 8.81. The maximum atomic E-state index is 12.3. The Morgan fingerprint density at radius 1 is 1.23 bits per heavy atom. The number of aromatic nitrogens is 1. The van der Waals surface area contributed by atoms with Crippen LogP contribution >= 0.6 is 11.6 Å². The topological polar surface area (TPSA) is 101 Å². The number of nitrogens with zero attached hydrogens (tertiary/aromatic N) is 2. The van der Waals surface area contributed by atoms with Gasteiger partial charge in [-0.2, -0.15) is 0 Å². The highest BCUT2D eigenvalue weighted by Gasteiger charge is 2.59. The zero-order chi connectivity index (χ0) is 22.2. The van der Waals surface area contributed by atoms with Crippen molar-refractivity contribution in [2.24, 2.45) is 11.8 Å². The molecule has 164 valence electrons. The first-order valence-corrected chi connectivity index (χ1v) is 10.4. The van der Waals surface area contributed by atoms with Crippen LogP contribution in [-0.2, 0) is 16.9 Å². The van der Waals surface area contributed by atoms with E-state index < -0.39 is 17.7 Å². The number of nitrogens with one attached hydrogen (secondary N) is 1. The smallest absolute Gasteiger partial charge is 0.408 e.